The highest BCUT2D eigenvalue weighted by molar-refractivity contribution is 7.89. The number of likely N-dealkylation sites (N-methyl/N-ethyl adjacent to an activating group) is 1. The fourth-order valence-electron chi connectivity index (χ4n) is 3.84. The maximum absolute atomic E-state index is 13.2. The largest absolute Gasteiger partial charge is 0.347 e. The molecular weight excluding hydrogens is 336 g/mol. The molecule has 0 radical (unpaired) electrons. The van der Waals surface area contributed by atoms with Crippen molar-refractivity contribution in [2.45, 2.75) is 36.6 Å². The first-order valence-corrected chi connectivity index (χ1v) is 10.3. The number of H-pyrrole nitrogens is 1. The van der Waals surface area contributed by atoms with E-state index in [1.54, 1.807) is 22.8 Å². The number of benzene rings is 1. The van der Waals surface area contributed by atoms with Gasteiger partial charge in [-0.1, -0.05) is 6.07 Å². The van der Waals surface area contributed by atoms with E-state index < -0.39 is 10.0 Å². The molecule has 1 aromatic heterocycles. The summed E-state index contributed by atoms with van der Waals surface area (Å²) in [5.74, 6) is 0.813. The molecule has 0 bridgehead atoms. The molecule has 1 N–H and O–H groups in total. The summed E-state index contributed by atoms with van der Waals surface area (Å²) >= 11 is 0. The van der Waals surface area contributed by atoms with Crippen molar-refractivity contribution >= 4 is 10.0 Å². The molecule has 2 aliphatic rings. The molecule has 1 saturated heterocycles. The van der Waals surface area contributed by atoms with Gasteiger partial charge in [-0.2, -0.15) is 4.31 Å². The molecule has 0 unspecified atom stereocenters. The third-order valence-corrected chi connectivity index (χ3v) is 7.26. The van der Waals surface area contributed by atoms with Crippen LogP contribution >= 0.6 is 0 Å². The summed E-state index contributed by atoms with van der Waals surface area (Å²) in [6.45, 7) is 1.62. The maximum Gasteiger partial charge on any atom is 0.243 e. The first-order valence-electron chi connectivity index (χ1n) is 8.87. The number of piperazine rings is 1. The topological polar surface area (TPSA) is 69.3 Å². The van der Waals surface area contributed by atoms with E-state index in [0.717, 1.165) is 25.1 Å². The van der Waals surface area contributed by atoms with Crippen LogP contribution in [0, 0.1) is 0 Å². The monoisotopic (exact) mass is 360 g/mol. The van der Waals surface area contributed by atoms with Crippen LogP contribution in [0.4, 0.5) is 0 Å². The van der Waals surface area contributed by atoms with Crippen molar-refractivity contribution in [2.24, 2.45) is 0 Å². The zero-order chi connectivity index (χ0) is 17.4. The predicted octanol–water partition coefficient (Wildman–Crippen LogP) is 1.97. The second-order valence-electron chi connectivity index (χ2n) is 6.97. The van der Waals surface area contributed by atoms with E-state index in [0.29, 0.717) is 24.5 Å². The molecule has 1 fully saturated rings. The average Bonchev–Trinajstić information content (AvgIpc) is 3.16. The number of hydrogen-bond acceptors (Lipinski definition) is 4. The molecule has 7 heteroatoms. The number of rotatable bonds is 3. The van der Waals surface area contributed by atoms with Crippen molar-refractivity contribution in [3.8, 4) is 0 Å². The predicted molar refractivity (Wildman–Crippen MR) is 95.8 cm³/mol. The summed E-state index contributed by atoms with van der Waals surface area (Å²) in [6.07, 6.45) is 7.87. The molecule has 1 aliphatic carbocycles. The van der Waals surface area contributed by atoms with Crippen molar-refractivity contribution in [1.29, 1.82) is 0 Å². The van der Waals surface area contributed by atoms with E-state index in [4.69, 9.17) is 0 Å². The van der Waals surface area contributed by atoms with Crippen LogP contribution in [0.25, 0.3) is 0 Å². The van der Waals surface area contributed by atoms with Gasteiger partial charge in [0.05, 0.1) is 10.9 Å². The van der Waals surface area contributed by atoms with Gasteiger partial charge in [0.15, 0.2) is 0 Å². The lowest BCUT2D eigenvalue weighted by Gasteiger charge is -2.37. The van der Waals surface area contributed by atoms with Crippen LogP contribution in [0.3, 0.4) is 0 Å². The van der Waals surface area contributed by atoms with Crippen molar-refractivity contribution in [2.75, 3.05) is 26.7 Å². The van der Waals surface area contributed by atoms with E-state index in [1.807, 2.05) is 19.2 Å². The van der Waals surface area contributed by atoms with Crippen molar-refractivity contribution in [1.82, 2.24) is 19.2 Å². The van der Waals surface area contributed by atoms with Crippen LogP contribution in [0.5, 0.6) is 0 Å². The fraction of sp³-hybridized carbons (Fsp3) is 0.500. The van der Waals surface area contributed by atoms with E-state index in [9.17, 15) is 8.42 Å². The summed E-state index contributed by atoms with van der Waals surface area (Å²) in [4.78, 5) is 10.0. The Hall–Kier alpha value is -1.70. The lowest BCUT2D eigenvalue weighted by molar-refractivity contribution is 0.142. The SMILES string of the molecule is CN1CCN(S(=O)(=O)c2ccc3c(c2)CCCC3)C[C@@H]1c1ncc[nH]1. The zero-order valence-electron chi connectivity index (χ0n) is 14.5. The Bertz CT molecular complexity index is 848. The van der Waals surface area contributed by atoms with Crippen molar-refractivity contribution in [3.05, 3.63) is 47.5 Å². The summed E-state index contributed by atoms with van der Waals surface area (Å²) in [6, 6.07) is 5.63. The Morgan fingerprint density at radius 1 is 1.16 bits per heavy atom. The van der Waals surface area contributed by atoms with Crippen molar-refractivity contribution in [3.63, 3.8) is 0 Å². The van der Waals surface area contributed by atoms with Crippen molar-refractivity contribution < 1.29 is 8.42 Å². The number of aryl methyl sites for hydroxylation is 2. The van der Waals surface area contributed by atoms with Gasteiger partial charge in [-0.05, 0) is 56.0 Å². The molecule has 1 atom stereocenters. The van der Waals surface area contributed by atoms with Gasteiger partial charge in [-0.25, -0.2) is 13.4 Å². The highest BCUT2D eigenvalue weighted by Crippen LogP contribution is 2.29. The van der Waals surface area contributed by atoms with E-state index >= 15 is 0 Å². The van der Waals surface area contributed by atoms with Gasteiger partial charge in [0, 0.05) is 32.0 Å². The smallest absolute Gasteiger partial charge is 0.243 e. The van der Waals surface area contributed by atoms with Crippen LogP contribution in [0.1, 0.15) is 35.8 Å². The number of imidazole rings is 1. The number of nitrogens with one attached hydrogen (secondary N) is 1. The first-order chi connectivity index (χ1) is 12.1. The Labute approximate surface area is 148 Å². The Kier molecular flexibility index (Phi) is 4.39. The highest BCUT2D eigenvalue weighted by atomic mass is 32.2. The average molecular weight is 360 g/mol. The molecule has 134 valence electrons. The van der Waals surface area contributed by atoms with Gasteiger partial charge in [-0.3, -0.25) is 4.90 Å². The van der Waals surface area contributed by atoms with Gasteiger partial charge < -0.3 is 4.98 Å². The highest BCUT2D eigenvalue weighted by Gasteiger charge is 2.34. The molecule has 1 aliphatic heterocycles. The van der Waals surface area contributed by atoms with Gasteiger partial charge in [0.2, 0.25) is 10.0 Å². The third kappa shape index (κ3) is 3.12. The summed E-state index contributed by atoms with van der Waals surface area (Å²) in [5.41, 5.74) is 2.50. The Morgan fingerprint density at radius 3 is 2.72 bits per heavy atom. The minimum absolute atomic E-state index is 0.0452. The lowest BCUT2D eigenvalue weighted by Crippen LogP contribution is -2.49. The van der Waals surface area contributed by atoms with Crippen LogP contribution in [-0.4, -0.2) is 54.3 Å². The Morgan fingerprint density at radius 2 is 1.96 bits per heavy atom. The van der Waals surface area contributed by atoms with Crippen LogP contribution in [0.2, 0.25) is 0 Å². The van der Waals surface area contributed by atoms with Gasteiger partial charge in [-0.15, -0.1) is 0 Å². The molecule has 0 saturated carbocycles. The minimum atomic E-state index is -3.48. The van der Waals surface area contributed by atoms with Crippen LogP contribution < -0.4 is 0 Å². The molecular formula is C18H24N4O2S. The molecule has 0 spiro atoms. The number of fused-ring (bicyclic) bond motifs is 1. The Balaban J connectivity index is 1.61. The minimum Gasteiger partial charge on any atom is -0.347 e. The molecule has 4 rings (SSSR count). The van der Waals surface area contributed by atoms with Gasteiger partial charge in [0.1, 0.15) is 5.82 Å². The fourth-order valence-corrected chi connectivity index (χ4v) is 5.33. The normalized spacial score (nSPS) is 22.7. The summed E-state index contributed by atoms with van der Waals surface area (Å²) < 4.78 is 27.9. The third-order valence-electron chi connectivity index (χ3n) is 5.40. The second-order valence-corrected chi connectivity index (χ2v) is 8.91. The number of hydrogen-bond donors (Lipinski definition) is 1. The van der Waals surface area contributed by atoms with Crippen LogP contribution in [-0.2, 0) is 22.9 Å². The molecule has 6 nitrogen and oxygen atoms in total. The maximum atomic E-state index is 13.2. The zero-order valence-corrected chi connectivity index (χ0v) is 15.3. The van der Waals surface area contributed by atoms with E-state index in [-0.39, 0.29) is 6.04 Å². The molecule has 25 heavy (non-hydrogen) atoms. The summed E-state index contributed by atoms with van der Waals surface area (Å²) in [5, 5.41) is 0. The number of aromatic nitrogens is 2. The quantitative estimate of drug-likeness (QED) is 0.909. The van der Waals surface area contributed by atoms with Crippen LogP contribution in [0.15, 0.2) is 35.5 Å². The second kappa shape index (κ2) is 6.55. The van der Waals surface area contributed by atoms with Gasteiger partial charge >= 0.3 is 0 Å². The number of sulfonamides is 1. The molecule has 1 aromatic carbocycles. The van der Waals surface area contributed by atoms with Gasteiger partial charge in [0.25, 0.3) is 0 Å². The first kappa shape index (κ1) is 16.8. The number of aromatic amines is 1. The lowest BCUT2D eigenvalue weighted by atomic mass is 9.92. The van der Waals surface area contributed by atoms with E-state index in [1.165, 1.54) is 17.5 Å². The number of nitrogens with zero attached hydrogens (tertiary/aromatic N) is 3. The standard InChI is InChI=1S/C18H24N4O2S/c1-21-10-11-22(13-17(21)18-19-8-9-20-18)25(23,24)16-7-6-14-4-2-3-5-15(14)12-16/h6-9,12,17H,2-5,10-11,13H2,1H3,(H,19,20)/t17-/m1/s1. The summed E-state index contributed by atoms with van der Waals surface area (Å²) in [7, 11) is -1.47. The molecule has 0 amide bonds. The van der Waals surface area contributed by atoms with E-state index in [2.05, 4.69) is 14.9 Å². The molecule has 2 heterocycles. The molecule has 2 aromatic rings.